The van der Waals surface area contributed by atoms with Gasteiger partial charge in [-0.05, 0) is 40.0 Å². The normalized spacial score (nSPS) is 10.6. The van der Waals surface area contributed by atoms with Gasteiger partial charge in [-0.2, -0.15) is 5.26 Å². The zero-order chi connectivity index (χ0) is 17.7. The third-order valence-corrected chi connectivity index (χ3v) is 4.36. The van der Waals surface area contributed by atoms with Gasteiger partial charge in [0.05, 0.1) is 23.4 Å². The molecule has 1 aromatic heterocycles. The minimum absolute atomic E-state index is 0.0423. The van der Waals surface area contributed by atoms with E-state index in [4.69, 9.17) is 4.42 Å². The quantitative estimate of drug-likeness (QED) is 0.551. The molecule has 6 heteroatoms. The Labute approximate surface area is 148 Å². The van der Waals surface area contributed by atoms with Gasteiger partial charge in [-0.1, -0.05) is 19.8 Å². The Morgan fingerprint density at radius 1 is 1.38 bits per heavy atom. The van der Waals surface area contributed by atoms with Gasteiger partial charge < -0.3 is 9.15 Å². The number of fused-ring (bicyclic) bond motifs is 1. The number of ether oxygens (including phenoxy) is 1. The van der Waals surface area contributed by atoms with Gasteiger partial charge in [0.2, 0.25) is 5.43 Å². The number of carbonyl (C=O) groups excluding carboxylic acids is 1. The topological polar surface area (TPSA) is 80.3 Å². The number of rotatable bonds is 6. The lowest BCUT2D eigenvalue weighted by Gasteiger charge is -2.08. The van der Waals surface area contributed by atoms with Crippen LogP contribution in [0.4, 0.5) is 0 Å². The number of hydrogen-bond donors (Lipinski definition) is 0. The number of aryl methyl sites for hydroxylation is 1. The highest BCUT2D eigenvalue weighted by Gasteiger charge is 2.17. The van der Waals surface area contributed by atoms with Gasteiger partial charge in [0.15, 0.2) is 5.58 Å². The molecule has 0 spiro atoms. The van der Waals surface area contributed by atoms with Crippen molar-refractivity contribution < 1.29 is 13.9 Å². The Balaban J connectivity index is 2.57. The fourth-order valence-corrected chi connectivity index (χ4v) is 3.11. The smallest absolute Gasteiger partial charge is 0.309 e. The number of methoxy groups -OCH3 is 1. The summed E-state index contributed by atoms with van der Waals surface area (Å²) in [6, 6.07) is 5.27. The zero-order valence-corrected chi connectivity index (χ0v) is 15.2. The molecule has 0 bridgehead atoms. The van der Waals surface area contributed by atoms with Crippen molar-refractivity contribution >= 4 is 32.9 Å². The van der Waals surface area contributed by atoms with Gasteiger partial charge in [-0.15, -0.1) is 0 Å². The number of nitrogens with zero attached hydrogens (tertiary/aromatic N) is 1. The first kappa shape index (κ1) is 18.2. The van der Waals surface area contributed by atoms with Gasteiger partial charge in [0.1, 0.15) is 17.4 Å². The minimum Gasteiger partial charge on any atom is -0.469 e. The lowest BCUT2D eigenvalue weighted by atomic mass is 10.0. The Kier molecular flexibility index (Phi) is 6.16. The van der Waals surface area contributed by atoms with Crippen molar-refractivity contribution in [1.82, 2.24) is 0 Å². The van der Waals surface area contributed by atoms with Crippen LogP contribution in [-0.2, 0) is 22.4 Å². The maximum Gasteiger partial charge on any atom is 0.309 e. The van der Waals surface area contributed by atoms with E-state index in [1.165, 1.54) is 7.11 Å². The first-order chi connectivity index (χ1) is 11.5. The second kappa shape index (κ2) is 8.11. The maximum absolute atomic E-state index is 12.7. The molecule has 0 atom stereocenters. The second-order valence-electron chi connectivity index (χ2n) is 5.51. The van der Waals surface area contributed by atoms with Gasteiger partial charge >= 0.3 is 5.97 Å². The molecular weight excluding hydrogens is 374 g/mol. The predicted molar refractivity (Wildman–Crippen MR) is 93.8 cm³/mol. The van der Waals surface area contributed by atoms with Crippen molar-refractivity contribution in [2.24, 2.45) is 0 Å². The van der Waals surface area contributed by atoms with Crippen LogP contribution in [0.15, 0.2) is 25.8 Å². The van der Waals surface area contributed by atoms with Gasteiger partial charge in [-0.3, -0.25) is 9.59 Å². The minimum atomic E-state index is -0.401. The number of benzene rings is 1. The van der Waals surface area contributed by atoms with Crippen LogP contribution >= 0.6 is 15.9 Å². The van der Waals surface area contributed by atoms with E-state index in [9.17, 15) is 14.9 Å². The Morgan fingerprint density at radius 2 is 2.12 bits per heavy atom. The van der Waals surface area contributed by atoms with Crippen molar-refractivity contribution in [1.29, 1.82) is 5.26 Å². The lowest BCUT2D eigenvalue weighted by Crippen LogP contribution is -2.12. The van der Waals surface area contributed by atoms with Crippen LogP contribution in [0, 0.1) is 11.3 Å². The fourth-order valence-electron chi connectivity index (χ4n) is 2.52. The maximum atomic E-state index is 12.7. The van der Waals surface area contributed by atoms with E-state index in [1.807, 2.05) is 6.07 Å². The number of nitriles is 1. The average molecular weight is 392 g/mol. The van der Waals surface area contributed by atoms with E-state index in [0.29, 0.717) is 33.2 Å². The molecule has 0 saturated heterocycles. The highest BCUT2D eigenvalue weighted by atomic mass is 79.9. The van der Waals surface area contributed by atoms with Crippen LogP contribution in [0.25, 0.3) is 11.0 Å². The fraction of sp³-hybridized carbons (Fsp3) is 0.389. The standard InChI is InChI=1S/C18H18BrNO4/c1-3-4-5-6-15-13(10-20)17(22)12-7-11(9-16(21)23-2)8-14(19)18(12)24-15/h7-8H,3-6,9H2,1-2H3. The molecule has 126 valence electrons. The van der Waals surface area contributed by atoms with Crippen molar-refractivity contribution in [2.45, 2.75) is 39.0 Å². The Bertz CT molecular complexity index is 864. The molecule has 0 radical (unpaired) electrons. The van der Waals surface area contributed by atoms with Crippen LogP contribution in [-0.4, -0.2) is 13.1 Å². The molecule has 2 rings (SSSR count). The summed E-state index contributed by atoms with van der Waals surface area (Å²) in [6.45, 7) is 2.08. The number of hydrogen-bond acceptors (Lipinski definition) is 5. The van der Waals surface area contributed by atoms with E-state index >= 15 is 0 Å². The summed E-state index contributed by atoms with van der Waals surface area (Å²) >= 11 is 3.39. The van der Waals surface area contributed by atoms with Crippen LogP contribution in [0.5, 0.6) is 0 Å². The summed E-state index contributed by atoms with van der Waals surface area (Å²) in [4.78, 5) is 24.1. The summed E-state index contributed by atoms with van der Waals surface area (Å²) in [6.07, 6.45) is 3.51. The summed E-state index contributed by atoms with van der Waals surface area (Å²) in [5, 5.41) is 9.63. The molecule has 0 aliphatic heterocycles. The highest BCUT2D eigenvalue weighted by Crippen LogP contribution is 2.27. The van der Waals surface area contributed by atoms with Crippen LogP contribution < -0.4 is 5.43 Å². The van der Waals surface area contributed by atoms with Crippen LogP contribution in [0.3, 0.4) is 0 Å². The summed E-state index contributed by atoms with van der Waals surface area (Å²) in [5.74, 6) is 0.0206. The van der Waals surface area contributed by atoms with E-state index in [2.05, 4.69) is 27.6 Å². The molecule has 0 fully saturated rings. The van der Waals surface area contributed by atoms with Gasteiger partial charge in [0, 0.05) is 6.42 Å². The first-order valence-corrected chi connectivity index (χ1v) is 8.56. The Hall–Kier alpha value is -2.13. The van der Waals surface area contributed by atoms with Crippen LogP contribution in [0.1, 0.15) is 43.1 Å². The van der Waals surface area contributed by atoms with Crippen molar-refractivity contribution in [3.05, 3.63) is 43.7 Å². The van der Waals surface area contributed by atoms with E-state index in [-0.39, 0.29) is 17.4 Å². The first-order valence-electron chi connectivity index (χ1n) is 7.76. The molecule has 0 aliphatic carbocycles. The zero-order valence-electron chi connectivity index (χ0n) is 13.6. The van der Waals surface area contributed by atoms with E-state index in [0.717, 1.165) is 19.3 Å². The van der Waals surface area contributed by atoms with E-state index in [1.54, 1.807) is 12.1 Å². The molecule has 0 amide bonds. The highest BCUT2D eigenvalue weighted by molar-refractivity contribution is 9.10. The Morgan fingerprint density at radius 3 is 2.75 bits per heavy atom. The van der Waals surface area contributed by atoms with Gasteiger partial charge in [0.25, 0.3) is 0 Å². The average Bonchev–Trinajstić information content (AvgIpc) is 2.56. The number of halogens is 1. The lowest BCUT2D eigenvalue weighted by molar-refractivity contribution is -0.139. The molecule has 1 aromatic carbocycles. The summed E-state index contributed by atoms with van der Waals surface area (Å²) < 4.78 is 11.1. The number of unbranched alkanes of at least 4 members (excludes halogenated alkanes) is 2. The molecule has 0 unspecified atom stereocenters. The van der Waals surface area contributed by atoms with Crippen LogP contribution in [0.2, 0.25) is 0 Å². The third kappa shape index (κ3) is 3.85. The molecule has 1 heterocycles. The molecule has 0 N–H and O–H groups in total. The van der Waals surface area contributed by atoms with Crippen molar-refractivity contribution in [3.63, 3.8) is 0 Å². The molecule has 24 heavy (non-hydrogen) atoms. The molecular formula is C18H18BrNO4. The predicted octanol–water partition coefficient (Wildman–Crippen LogP) is 3.88. The summed E-state index contributed by atoms with van der Waals surface area (Å²) in [7, 11) is 1.31. The van der Waals surface area contributed by atoms with Crippen molar-refractivity contribution in [2.75, 3.05) is 7.11 Å². The molecule has 5 nitrogen and oxygen atoms in total. The number of carbonyl (C=O) groups is 1. The van der Waals surface area contributed by atoms with Gasteiger partial charge in [-0.25, -0.2) is 0 Å². The molecule has 0 saturated carbocycles. The number of esters is 1. The monoisotopic (exact) mass is 391 g/mol. The summed E-state index contributed by atoms with van der Waals surface area (Å²) in [5.41, 5.74) is 0.702. The largest absolute Gasteiger partial charge is 0.469 e. The van der Waals surface area contributed by atoms with Crippen molar-refractivity contribution in [3.8, 4) is 6.07 Å². The molecule has 2 aromatic rings. The molecule has 0 aliphatic rings. The van der Waals surface area contributed by atoms with E-state index < -0.39 is 5.97 Å². The SMILES string of the molecule is CCCCCc1oc2c(Br)cc(CC(=O)OC)cc2c(=O)c1C#N. The second-order valence-corrected chi connectivity index (χ2v) is 6.36. The third-order valence-electron chi connectivity index (χ3n) is 3.77.